The van der Waals surface area contributed by atoms with Crippen LogP contribution in [-0.2, 0) is 6.42 Å². The molecule has 0 aliphatic rings. The first kappa shape index (κ1) is 16.0. The molecule has 126 valence electrons. The highest BCUT2D eigenvalue weighted by atomic mass is 15.0. The summed E-state index contributed by atoms with van der Waals surface area (Å²) in [6.45, 7) is 2.11. The van der Waals surface area contributed by atoms with Crippen LogP contribution < -0.4 is 10.3 Å². The number of anilines is 1. The molecule has 0 aliphatic carbocycles. The van der Waals surface area contributed by atoms with E-state index in [0.29, 0.717) is 11.4 Å². The van der Waals surface area contributed by atoms with Crippen LogP contribution in [0.15, 0.2) is 66.9 Å². The van der Waals surface area contributed by atoms with Gasteiger partial charge in [0.05, 0.1) is 17.8 Å². The number of hydrogen-bond acceptors (Lipinski definition) is 3. The van der Waals surface area contributed by atoms with E-state index in [1.807, 2.05) is 48.7 Å². The van der Waals surface area contributed by atoms with E-state index in [-0.39, 0.29) is 6.04 Å². The van der Waals surface area contributed by atoms with Crippen LogP contribution in [-0.4, -0.2) is 11.0 Å². The lowest BCUT2D eigenvalue weighted by molar-refractivity contribution is -0.359. The molecule has 0 bridgehead atoms. The molecule has 0 amide bonds. The van der Waals surface area contributed by atoms with Gasteiger partial charge in [0.2, 0.25) is 0 Å². The Morgan fingerprint density at radius 2 is 1.85 bits per heavy atom. The Kier molecular flexibility index (Phi) is 4.20. The number of nitrogens with zero attached hydrogens (tertiary/aromatic N) is 2. The predicted molar refractivity (Wildman–Crippen MR) is 104 cm³/mol. The van der Waals surface area contributed by atoms with Gasteiger partial charge in [0, 0.05) is 17.2 Å². The number of hydrogen-bond donors (Lipinski definition) is 1. The van der Waals surface area contributed by atoms with Crippen LogP contribution in [0, 0.1) is 11.3 Å². The van der Waals surface area contributed by atoms with Crippen molar-refractivity contribution >= 4 is 27.6 Å². The molecular formula is C22H19N4+. The van der Waals surface area contributed by atoms with Gasteiger partial charge >= 0.3 is 0 Å². The number of rotatable bonds is 4. The van der Waals surface area contributed by atoms with E-state index in [4.69, 9.17) is 4.98 Å². The number of pyridine rings is 2. The maximum atomic E-state index is 9.74. The number of aromatic nitrogens is 2. The third-order valence-corrected chi connectivity index (χ3v) is 4.50. The zero-order valence-electron chi connectivity index (χ0n) is 14.5. The fraction of sp³-hybridized carbons (Fsp3) is 0.136. The zero-order chi connectivity index (χ0) is 17.9. The smallest absolute Gasteiger partial charge is 0.271 e. The van der Waals surface area contributed by atoms with Gasteiger partial charge < -0.3 is 0 Å². The van der Waals surface area contributed by atoms with Crippen LogP contribution in [0.5, 0.6) is 0 Å². The van der Waals surface area contributed by atoms with Crippen molar-refractivity contribution in [3.63, 3.8) is 0 Å². The molecule has 0 aliphatic heterocycles. The molecule has 2 heterocycles. The lowest BCUT2D eigenvalue weighted by atomic mass is 10.1. The minimum Gasteiger partial charge on any atom is -0.271 e. The number of nitrogens with one attached hydrogen (secondary N) is 2. The van der Waals surface area contributed by atoms with Crippen molar-refractivity contribution in [1.82, 2.24) is 4.98 Å². The Morgan fingerprint density at radius 1 is 1.08 bits per heavy atom. The van der Waals surface area contributed by atoms with Gasteiger partial charge in [-0.25, -0.2) is 9.97 Å². The largest absolute Gasteiger partial charge is 0.292 e. The fourth-order valence-corrected chi connectivity index (χ4v) is 3.27. The topological polar surface area (TPSA) is 62.9 Å². The number of aromatic amines is 1. The molecule has 4 aromatic rings. The van der Waals surface area contributed by atoms with Crippen LogP contribution in [0.2, 0.25) is 0 Å². The van der Waals surface area contributed by atoms with Crippen LogP contribution >= 0.6 is 0 Å². The van der Waals surface area contributed by atoms with E-state index in [1.165, 1.54) is 5.56 Å². The molecule has 0 fully saturated rings. The lowest BCUT2D eigenvalue weighted by Crippen LogP contribution is -2.24. The van der Waals surface area contributed by atoms with Crippen molar-refractivity contribution in [3.05, 3.63) is 78.0 Å². The molecule has 4 rings (SSSR count). The predicted octanol–water partition coefficient (Wildman–Crippen LogP) is 4.12. The van der Waals surface area contributed by atoms with Gasteiger partial charge in [-0.05, 0) is 24.6 Å². The first-order valence-corrected chi connectivity index (χ1v) is 8.69. The minimum atomic E-state index is 0.179. The van der Waals surface area contributed by atoms with Gasteiger partial charge in [-0.2, -0.15) is 5.26 Å². The lowest BCUT2D eigenvalue weighted by Gasteiger charge is -2.11. The van der Waals surface area contributed by atoms with Gasteiger partial charge in [0.25, 0.3) is 5.82 Å². The Bertz CT molecular complexity index is 1110. The second-order valence-corrected chi connectivity index (χ2v) is 6.50. The normalized spacial score (nSPS) is 12.0. The fourth-order valence-electron chi connectivity index (χ4n) is 3.27. The average molecular weight is 339 g/mol. The Labute approximate surface area is 152 Å². The molecular weight excluding hydrogens is 320 g/mol. The Morgan fingerprint density at radius 3 is 2.65 bits per heavy atom. The van der Waals surface area contributed by atoms with Gasteiger partial charge in [-0.15, -0.1) is 0 Å². The second kappa shape index (κ2) is 6.81. The van der Waals surface area contributed by atoms with E-state index in [1.54, 1.807) is 0 Å². The highest BCUT2D eigenvalue weighted by molar-refractivity contribution is 5.95. The van der Waals surface area contributed by atoms with Crippen LogP contribution in [0.1, 0.15) is 18.1 Å². The monoisotopic (exact) mass is 339 g/mol. The minimum absolute atomic E-state index is 0.179. The molecule has 0 spiro atoms. The maximum absolute atomic E-state index is 9.74. The van der Waals surface area contributed by atoms with Crippen LogP contribution in [0.4, 0.5) is 5.82 Å². The quantitative estimate of drug-likeness (QED) is 0.569. The van der Waals surface area contributed by atoms with Crippen molar-refractivity contribution < 1.29 is 4.98 Å². The number of nitriles is 1. The molecule has 4 heteroatoms. The molecule has 0 radical (unpaired) electrons. The Hall–Kier alpha value is -3.45. The van der Waals surface area contributed by atoms with E-state index >= 15 is 0 Å². The first-order chi connectivity index (χ1) is 12.7. The number of H-pyrrole nitrogens is 1. The van der Waals surface area contributed by atoms with Crippen molar-refractivity contribution in [2.45, 2.75) is 19.4 Å². The van der Waals surface area contributed by atoms with Gasteiger partial charge in [-0.3, -0.25) is 5.32 Å². The van der Waals surface area contributed by atoms with Crippen molar-refractivity contribution in [3.8, 4) is 6.07 Å². The van der Waals surface area contributed by atoms with Crippen molar-refractivity contribution in [1.29, 1.82) is 5.26 Å². The third kappa shape index (κ3) is 3.07. The van der Waals surface area contributed by atoms with E-state index in [2.05, 4.69) is 41.5 Å². The summed E-state index contributed by atoms with van der Waals surface area (Å²) in [7, 11) is 0. The average Bonchev–Trinajstić information content (AvgIpc) is 2.67. The molecule has 0 saturated carbocycles. The highest BCUT2D eigenvalue weighted by Crippen LogP contribution is 2.24. The zero-order valence-corrected chi connectivity index (χ0v) is 14.5. The second-order valence-electron chi connectivity index (χ2n) is 6.50. The summed E-state index contributed by atoms with van der Waals surface area (Å²) < 4.78 is 0. The highest BCUT2D eigenvalue weighted by Gasteiger charge is 2.19. The summed E-state index contributed by atoms with van der Waals surface area (Å²) in [5.74, 6) is 0.714. The summed E-state index contributed by atoms with van der Waals surface area (Å²) >= 11 is 0. The third-order valence-electron chi connectivity index (χ3n) is 4.50. The van der Waals surface area contributed by atoms with Gasteiger partial charge in [0.15, 0.2) is 5.56 Å². The van der Waals surface area contributed by atoms with E-state index in [0.717, 1.165) is 28.2 Å². The first-order valence-electron chi connectivity index (χ1n) is 8.69. The molecule has 2 aromatic heterocycles. The summed E-state index contributed by atoms with van der Waals surface area (Å²) in [6, 6.07) is 22.8. The van der Waals surface area contributed by atoms with Gasteiger partial charge in [0.1, 0.15) is 11.6 Å². The molecule has 0 saturated heterocycles. The molecule has 1 atom stereocenters. The van der Waals surface area contributed by atoms with Crippen LogP contribution in [0.25, 0.3) is 21.8 Å². The summed E-state index contributed by atoms with van der Waals surface area (Å²) in [6.07, 6.45) is 2.79. The number of benzene rings is 2. The number of para-hydroxylation sites is 1. The summed E-state index contributed by atoms with van der Waals surface area (Å²) in [5.41, 5.74) is 3.43. The van der Waals surface area contributed by atoms with Crippen LogP contribution in [0.3, 0.4) is 0 Å². The van der Waals surface area contributed by atoms with Crippen molar-refractivity contribution in [2.24, 2.45) is 0 Å². The van der Waals surface area contributed by atoms with Gasteiger partial charge in [-0.1, -0.05) is 48.5 Å². The molecule has 0 unspecified atom stereocenters. The maximum Gasteiger partial charge on any atom is 0.292 e. The molecule has 4 nitrogen and oxygen atoms in total. The number of fused-ring (bicyclic) bond motifs is 2. The van der Waals surface area contributed by atoms with Crippen molar-refractivity contribution in [2.75, 3.05) is 5.32 Å². The molecule has 2 aromatic carbocycles. The summed E-state index contributed by atoms with van der Waals surface area (Å²) in [5, 5.41) is 15.2. The summed E-state index contributed by atoms with van der Waals surface area (Å²) in [4.78, 5) is 7.96. The molecule has 26 heavy (non-hydrogen) atoms. The Balaban J connectivity index is 1.71. The standard InChI is InChI=1S/C22H18N4/c1-15(11-16-7-3-2-4-8-16)25-22-19(13-23)21-18(14-24-22)12-17-9-5-6-10-20(17)26-21/h2-10,12,14-15H,11H2,1H3,(H,24,25)/p+1/t15-/m1/s1. The molecule has 2 N–H and O–H groups in total. The van der Waals surface area contributed by atoms with E-state index in [9.17, 15) is 5.26 Å². The SMILES string of the molecule is C[C@H](Cc1ccccc1)Nc1[nH+]cc2cc3ccccc3nc2c1C#N. The van der Waals surface area contributed by atoms with E-state index < -0.39 is 0 Å².